The molecule has 1 N–H and O–H groups in total. The van der Waals surface area contributed by atoms with Gasteiger partial charge in [0.05, 0.1) is 5.54 Å². The molecule has 1 aromatic rings. The number of hydrogen-bond donors (Lipinski definition) is 1. The quantitative estimate of drug-likeness (QED) is 0.812. The fraction of sp³-hybridized carbons (Fsp3) is 0.667. The maximum Gasteiger partial charge on any atom is 0.0558 e. The molecule has 2 nitrogen and oxygen atoms in total. The van der Waals surface area contributed by atoms with Gasteiger partial charge < -0.3 is 5.32 Å². The molecule has 3 heteroatoms. The third kappa shape index (κ3) is 3.46. The number of rotatable bonds is 6. The first-order valence-corrected chi connectivity index (χ1v) is 9.66. The molecular weight excluding hydrogens is 276 g/mol. The van der Waals surface area contributed by atoms with Crippen molar-refractivity contribution < 1.29 is 0 Å². The van der Waals surface area contributed by atoms with Gasteiger partial charge in [0.2, 0.25) is 0 Å². The number of thioether (sulfide) groups is 1. The molecule has 1 saturated carbocycles. The summed E-state index contributed by atoms with van der Waals surface area (Å²) in [6.45, 7) is 5.93. The van der Waals surface area contributed by atoms with Crippen molar-refractivity contribution in [2.45, 2.75) is 37.8 Å². The summed E-state index contributed by atoms with van der Waals surface area (Å²) in [7, 11) is 0. The maximum absolute atomic E-state index is 3.84. The lowest BCUT2D eigenvalue weighted by molar-refractivity contribution is 0.0450. The Morgan fingerprint density at radius 2 is 2.05 bits per heavy atom. The van der Waals surface area contributed by atoms with Crippen molar-refractivity contribution in [3.8, 4) is 0 Å². The lowest BCUT2D eigenvalue weighted by Crippen LogP contribution is -2.62. The van der Waals surface area contributed by atoms with Gasteiger partial charge in [-0.05, 0) is 56.2 Å². The Hall–Kier alpha value is -0.510. The van der Waals surface area contributed by atoms with Gasteiger partial charge in [0.25, 0.3) is 0 Å². The molecule has 1 aromatic carbocycles. The number of hydrogen-bond acceptors (Lipinski definition) is 3. The third-order valence-corrected chi connectivity index (χ3v) is 5.88. The van der Waals surface area contributed by atoms with Gasteiger partial charge in [-0.3, -0.25) is 4.90 Å². The van der Waals surface area contributed by atoms with Crippen LogP contribution in [0.15, 0.2) is 30.3 Å². The predicted molar refractivity (Wildman–Crippen MR) is 92.9 cm³/mol. The molecule has 1 saturated heterocycles. The zero-order valence-corrected chi connectivity index (χ0v) is 14.2. The largest absolute Gasteiger partial charge is 0.310 e. The Labute approximate surface area is 133 Å². The van der Waals surface area contributed by atoms with Crippen molar-refractivity contribution in [1.29, 1.82) is 0 Å². The van der Waals surface area contributed by atoms with Crippen LogP contribution < -0.4 is 5.32 Å². The van der Waals surface area contributed by atoms with E-state index in [2.05, 4.69) is 53.7 Å². The van der Waals surface area contributed by atoms with Crippen molar-refractivity contribution >= 4 is 11.8 Å². The minimum atomic E-state index is 0.144. The summed E-state index contributed by atoms with van der Waals surface area (Å²) in [6.07, 6.45) is 6.36. The summed E-state index contributed by atoms with van der Waals surface area (Å²) in [5.74, 6) is 2.21. The van der Waals surface area contributed by atoms with Crippen LogP contribution in [0.5, 0.6) is 0 Å². The first-order chi connectivity index (χ1) is 10.2. The van der Waals surface area contributed by atoms with Crippen molar-refractivity contribution in [3.05, 3.63) is 35.9 Å². The topological polar surface area (TPSA) is 15.3 Å². The van der Waals surface area contributed by atoms with E-state index < -0.39 is 0 Å². The van der Waals surface area contributed by atoms with Gasteiger partial charge in [0.1, 0.15) is 0 Å². The fourth-order valence-electron chi connectivity index (χ4n) is 3.58. The molecule has 2 aliphatic rings. The van der Waals surface area contributed by atoms with Crippen molar-refractivity contribution in [1.82, 2.24) is 10.2 Å². The van der Waals surface area contributed by atoms with Crippen LogP contribution in [0.25, 0.3) is 0 Å². The molecule has 3 rings (SSSR count). The number of nitrogens with zero attached hydrogens (tertiary/aromatic N) is 1. The maximum atomic E-state index is 3.84. The molecular formula is C18H28N2S. The van der Waals surface area contributed by atoms with Crippen LogP contribution in [0.3, 0.4) is 0 Å². The molecule has 1 aliphatic carbocycles. The molecule has 21 heavy (non-hydrogen) atoms. The van der Waals surface area contributed by atoms with Crippen LogP contribution in [-0.4, -0.2) is 42.6 Å². The normalized spacial score (nSPS) is 30.5. The highest BCUT2D eigenvalue weighted by atomic mass is 32.2. The zero-order chi connectivity index (χ0) is 14.7. The molecule has 2 unspecified atom stereocenters. The van der Waals surface area contributed by atoms with Gasteiger partial charge in [-0.2, -0.15) is 11.8 Å². The van der Waals surface area contributed by atoms with Crippen LogP contribution in [0.4, 0.5) is 0 Å². The van der Waals surface area contributed by atoms with Crippen LogP contribution >= 0.6 is 11.8 Å². The molecule has 1 heterocycles. The van der Waals surface area contributed by atoms with Crippen molar-refractivity contribution in [3.63, 3.8) is 0 Å². The first kappa shape index (κ1) is 15.4. The molecule has 0 amide bonds. The SMILES string of the molecule is CSCCCN1CC(C2CC2)NCC1(C)c1ccccc1. The second kappa shape index (κ2) is 6.72. The second-order valence-electron chi connectivity index (χ2n) is 6.76. The summed E-state index contributed by atoms with van der Waals surface area (Å²) < 4.78 is 0. The lowest BCUT2D eigenvalue weighted by atomic mass is 9.86. The number of benzene rings is 1. The van der Waals surface area contributed by atoms with E-state index in [1.54, 1.807) is 0 Å². The molecule has 0 aromatic heterocycles. The van der Waals surface area contributed by atoms with E-state index in [-0.39, 0.29) is 5.54 Å². The molecule has 0 spiro atoms. The second-order valence-corrected chi connectivity index (χ2v) is 7.74. The third-order valence-electron chi connectivity index (χ3n) is 5.19. The molecule has 116 valence electrons. The Morgan fingerprint density at radius 3 is 2.71 bits per heavy atom. The van der Waals surface area contributed by atoms with E-state index in [1.165, 1.54) is 43.7 Å². The van der Waals surface area contributed by atoms with E-state index in [0.29, 0.717) is 0 Å². The average molecular weight is 305 g/mol. The van der Waals surface area contributed by atoms with Gasteiger partial charge in [-0.1, -0.05) is 30.3 Å². The van der Waals surface area contributed by atoms with Gasteiger partial charge in [-0.15, -0.1) is 0 Å². The van der Waals surface area contributed by atoms with Crippen molar-refractivity contribution in [2.24, 2.45) is 5.92 Å². The highest BCUT2D eigenvalue weighted by molar-refractivity contribution is 7.98. The van der Waals surface area contributed by atoms with E-state index in [0.717, 1.165) is 18.5 Å². The monoisotopic (exact) mass is 304 g/mol. The van der Waals surface area contributed by atoms with E-state index >= 15 is 0 Å². The summed E-state index contributed by atoms with van der Waals surface area (Å²) in [6, 6.07) is 11.8. The zero-order valence-electron chi connectivity index (χ0n) is 13.3. The van der Waals surface area contributed by atoms with Gasteiger partial charge in [-0.25, -0.2) is 0 Å². The highest BCUT2D eigenvalue weighted by Crippen LogP contribution is 2.38. The molecule has 2 fully saturated rings. The minimum absolute atomic E-state index is 0.144. The van der Waals surface area contributed by atoms with E-state index in [9.17, 15) is 0 Å². The Morgan fingerprint density at radius 1 is 1.29 bits per heavy atom. The standard InChI is InChI=1S/C18H28N2S/c1-18(16-7-4-3-5-8-16)14-19-17(15-9-10-15)13-20(18)11-6-12-21-2/h3-5,7-8,15,17,19H,6,9-14H2,1-2H3. The summed E-state index contributed by atoms with van der Waals surface area (Å²) in [5, 5.41) is 3.84. The van der Waals surface area contributed by atoms with Crippen LogP contribution in [0.1, 0.15) is 31.7 Å². The lowest BCUT2D eigenvalue weighted by Gasteiger charge is -2.49. The average Bonchev–Trinajstić information content (AvgIpc) is 3.35. The molecule has 0 bridgehead atoms. The smallest absolute Gasteiger partial charge is 0.0558 e. The predicted octanol–water partition coefficient (Wildman–Crippen LogP) is 3.34. The number of nitrogens with one attached hydrogen (secondary N) is 1. The van der Waals surface area contributed by atoms with Crippen molar-refractivity contribution in [2.75, 3.05) is 31.6 Å². The van der Waals surface area contributed by atoms with Gasteiger partial charge >= 0.3 is 0 Å². The van der Waals surface area contributed by atoms with Crippen LogP contribution in [0, 0.1) is 5.92 Å². The minimum Gasteiger partial charge on any atom is -0.310 e. The Balaban J connectivity index is 1.75. The van der Waals surface area contributed by atoms with Gasteiger partial charge in [0.15, 0.2) is 0 Å². The first-order valence-electron chi connectivity index (χ1n) is 8.27. The van der Waals surface area contributed by atoms with E-state index in [1.807, 2.05) is 11.8 Å². The molecule has 0 radical (unpaired) electrons. The Kier molecular flexibility index (Phi) is 4.92. The van der Waals surface area contributed by atoms with E-state index in [4.69, 9.17) is 0 Å². The summed E-state index contributed by atoms with van der Waals surface area (Å²) in [4.78, 5) is 2.75. The Bertz CT molecular complexity index is 446. The van der Waals surface area contributed by atoms with Gasteiger partial charge in [0, 0.05) is 19.1 Å². The summed E-state index contributed by atoms with van der Waals surface area (Å²) in [5.41, 5.74) is 1.60. The highest BCUT2D eigenvalue weighted by Gasteiger charge is 2.43. The fourth-order valence-corrected chi connectivity index (χ4v) is 4.00. The number of piperazine rings is 1. The molecule has 2 atom stereocenters. The summed E-state index contributed by atoms with van der Waals surface area (Å²) >= 11 is 1.96. The van der Waals surface area contributed by atoms with Crippen LogP contribution in [-0.2, 0) is 5.54 Å². The van der Waals surface area contributed by atoms with Crippen LogP contribution in [0.2, 0.25) is 0 Å². The molecule has 1 aliphatic heterocycles.